The minimum Gasteiger partial charge on any atom is -0.469 e. The molecule has 0 aromatic carbocycles. The number of rotatable bonds is 2. The van der Waals surface area contributed by atoms with E-state index in [1.54, 1.807) is 0 Å². The fourth-order valence-electron chi connectivity index (χ4n) is 1.67. The van der Waals surface area contributed by atoms with Gasteiger partial charge in [0.15, 0.2) is 0 Å². The molecule has 0 bridgehead atoms. The Labute approximate surface area is 73.6 Å². The van der Waals surface area contributed by atoms with Crippen LogP contribution in [0.2, 0.25) is 0 Å². The molecule has 2 nitrogen and oxygen atoms in total. The van der Waals surface area contributed by atoms with E-state index in [4.69, 9.17) is 0 Å². The molecule has 0 amide bonds. The van der Waals surface area contributed by atoms with Gasteiger partial charge in [-0.25, -0.2) is 0 Å². The van der Waals surface area contributed by atoms with Gasteiger partial charge >= 0.3 is 5.97 Å². The SMILES string of the molecule is COC(=O)C[C@@]1(C)CCC=C1C. The third-order valence-corrected chi connectivity index (χ3v) is 2.86. The molecule has 0 heterocycles. The molecule has 0 saturated carbocycles. The molecule has 0 unspecified atom stereocenters. The molecule has 1 rings (SSSR count). The number of hydrogen-bond donors (Lipinski definition) is 0. The molecular weight excluding hydrogens is 152 g/mol. The summed E-state index contributed by atoms with van der Waals surface area (Å²) in [5.74, 6) is -0.104. The lowest BCUT2D eigenvalue weighted by Gasteiger charge is -2.24. The summed E-state index contributed by atoms with van der Waals surface area (Å²) in [4.78, 5) is 11.1. The van der Waals surface area contributed by atoms with Crippen LogP contribution in [0.4, 0.5) is 0 Å². The van der Waals surface area contributed by atoms with Crippen molar-refractivity contribution < 1.29 is 9.53 Å². The Morgan fingerprint density at radius 3 is 2.83 bits per heavy atom. The van der Waals surface area contributed by atoms with Gasteiger partial charge in [0.1, 0.15) is 0 Å². The van der Waals surface area contributed by atoms with Gasteiger partial charge in [0.25, 0.3) is 0 Å². The largest absolute Gasteiger partial charge is 0.469 e. The summed E-state index contributed by atoms with van der Waals surface area (Å²) in [6.45, 7) is 4.22. The van der Waals surface area contributed by atoms with E-state index in [0.29, 0.717) is 6.42 Å². The third-order valence-electron chi connectivity index (χ3n) is 2.86. The molecule has 0 saturated heterocycles. The van der Waals surface area contributed by atoms with Gasteiger partial charge in [0, 0.05) is 0 Å². The van der Waals surface area contributed by atoms with Crippen LogP contribution in [-0.2, 0) is 9.53 Å². The fraction of sp³-hybridized carbons (Fsp3) is 0.700. The zero-order chi connectivity index (χ0) is 9.19. The molecule has 0 spiro atoms. The second-order valence-electron chi connectivity index (χ2n) is 3.74. The molecule has 12 heavy (non-hydrogen) atoms. The quantitative estimate of drug-likeness (QED) is 0.467. The molecule has 1 aliphatic rings. The molecule has 0 aromatic rings. The van der Waals surface area contributed by atoms with Gasteiger partial charge in [-0.1, -0.05) is 18.6 Å². The average molecular weight is 168 g/mol. The smallest absolute Gasteiger partial charge is 0.306 e. The molecule has 0 aliphatic heterocycles. The number of allylic oxidation sites excluding steroid dienone is 2. The van der Waals surface area contributed by atoms with Gasteiger partial charge in [0.05, 0.1) is 13.5 Å². The molecule has 1 aliphatic carbocycles. The third kappa shape index (κ3) is 1.68. The van der Waals surface area contributed by atoms with E-state index in [-0.39, 0.29) is 11.4 Å². The van der Waals surface area contributed by atoms with Crippen LogP contribution in [-0.4, -0.2) is 13.1 Å². The van der Waals surface area contributed by atoms with Gasteiger partial charge < -0.3 is 4.74 Å². The Morgan fingerprint density at radius 2 is 2.42 bits per heavy atom. The number of methoxy groups -OCH3 is 1. The highest BCUT2D eigenvalue weighted by Crippen LogP contribution is 2.41. The highest BCUT2D eigenvalue weighted by atomic mass is 16.5. The standard InChI is InChI=1S/C10H16O2/c1-8-5-4-6-10(8,2)7-9(11)12-3/h5H,4,6-7H2,1-3H3/t10-/m1/s1. The first-order valence-corrected chi connectivity index (χ1v) is 4.32. The number of esters is 1. The Kier molecular flexibility index (Phi) is 2.55. The average Bonchev–Trinajstić information content (AvgIpc) is 2.32. The second kappa shape index (κ2) is 3.30. The first-order valence-electron chi connectivity index (χ1n) is 4.32. The normalized spacial score (nSPS) is 28.4. The van der Waals surface area contributed by atoms with Crippen molar-refractivity contribution in [1.82, 2.24) is 0 Å². The summed E-state index contributed by atoms with van der Waals surface area (Å²) in [5.41, 5.74) is 1.39. The fourth-order valence-corrected chi connectivity index (χ4v) is 1.67. The predicted octanol–water partition coefficient (Wildman–Crippen LogP) is 2.30. The first kappa shape index (κ1) is 9.30. The molecule has 0 fully saturated rings. The lowest BCUT2D eigenvalue weighted by atomic mass is 9.81. The van der Waals surface area contributed by atoms with E-state index in [9.17, 15) is 4.79 Å². The Balaban J connectivity index is 2.61. The van der Waals surface area contributed by atoms with Crippen molar-refractivity contribution in [1.29, 1.82) is 0 Å². The van der Waals surface area contributed by atoms with Gasteiger partial charge in [-0.3, -0.25) is 4.79 Å². The van der Waals surface area contributed by atoms with Gasteiger partial charge in [-0.05, 0) is 25.2 Å². The van der Waals surface area contributed by atoms with Crippen molar-refractivity contribution >= 4 is 5.97 Å². The van der Waals surface area contributed by atoms with Crippen molar-refractivity contribution in [3.05, 3.63) is 11.6 Å². The van der Waals surface area contributed by atoms with E-state index in [1.165, 1.54) is 12.7 Å². The number of carbonyl (C=O) groups excluding carboxylic acids is 1. The lowest BCUT2D eigenvalue weighted by molar-refractivity contribution is -0.142. The van der Waals surface area contributed by atoms with E-state index in [0.717, 1.165) is 12.8 Å². The zero-order valence-corrected chi connectivity index (χ0v) is 8.02. The highest BCUT2D eigenvalue weighted by Gasteiger charge is 2.32. The van der Waals surface area contributed by atoms with E-state index in [1.807, 2.05) is 0 Å². The van der Waals surface area contributed by atoms with Gasteiger partial charge in [-0.2, -0.15) is 0 Å². The Morgan fingerprint density at radius 1 is 1.75 bits per heavy atom. The molecule has 0 radical (unpaired) electrons. The van der Waals surface area contributed by atoms with Crippen molar-refractivity contribution in [3.63, 3.8) is 0 Å². The summed E-state index contributed by atoms with van der Waals surface area (Å²) in [7, 11) is 1.44. The van der Waals surface area contributed by atoms with Gasteiger partial charge in [-0.15, -0.1) is 0 Å². The highest BCUT2D eigenvalue weighted by molar-refractivity contribution is 5.70. The monoisotopic (exact) mass is 168 g/mol. The summed E-state index contributed by atoms with van der Waals surface area (Å²) >= 11 is 0. The second-order valence-corrected chi connectivity index (χ2v) is 3.74. The lowest BCUT2D eigenvalue weighted by Crippen LogP contribution is -2.20. The molecule has 2 heteroatoms. The van der Waals surface area contributed by atoms with Crippen LogP contribution >= 0.6 is 0 Å². The Bertz CT molecular complexity index is 218. The van der Waals surface area contributed by atoms with E-state index < -0.39 is 0 Å². The minimum absolute atomic E-state index is 0.0626. The van der Waals surface area contributed by atoms with Crippen LogP contribution in [0.15, 0.2) is 11.6 Å². The van der Waals surface area contributed by atoms with Crippen LogP contribution < -0.4 is 0 Å². The van der Waals surface area contributed by atoms with Crippen LogP contribution in [0.1, 0.15) is 33.1 Å². The number of ether oxygens (including phenoxy) is 1. The summed E-state index contributed by atoms with van der Waals surface area (Å²) in [6, 6.07) is 0. The minimum atomic E-state index is -0.104. The molecule has 0 aromatic heterocycles. The number of hydrogen-bond acceptors (Lipinski definition) is 2. The zero-order valence-electron chi connectivity index (χ0n) is 8.02. The molecule has 68 valence electrons. The van der Waals surface area contributed by atoms with Crippen molar-refractivity contribution in [2.24, 2.45) is 5.41 Å². The van der Waals surface area contributed by atoms with E-state index in [2.05, 4.69) is 24.7 Å². The topological polar surface area (TPSA) is 26.3 Å². The molecular formula is C10H16O2. The maximum Gasteiger partial charge on any atom is 0.306 e. The first-order chi connectivity index (χ1) is 5.58. The van der Waals surface area contributed by atoms with Crippen molar-refractivity contribution in [2.45, 2.75) is 33.1 Å². The summed E-state index contributed by atoms with van der Waals surface area (Å²) in [6.07, 6.45) is 4.90. The Hall–Kier alpha value is -0.790. The maximum absolute atomic E-state index is 11.1. The molecule has 0 N–H and O–H groups in total. The van der Waals surface area contributed by atoms with Crippen molar-refractivity contribution in [3.8, 4) is 0 Å². The van der Waals surface area contributed by atoms with Crippen LogP contribution in [0, 0.1) is 5.41 Å². The number of carbonyl (C=O) groups is 1. The summed E-state index contributed by atoms with van der Waals surface area (Å²) < 4.78 is 4.66. The van der Waals surface area contributed by atoms with Crippen molar-refractivity contribution in [2.75, 3.05) is 7.11 Å². The van der Waals surface area contributed by atoms with Crippen LogP contribution in [0.3, 0.4) is 0 Å². The van der Waals surface area contributed by atoms with E-state index >= 15 is 0 Å². The van der Waals surface area contributed by atoms with Crippen LogP contribution in [0.25, 0.3) is 0 Å². The summed E-state index contributed by atoms with van der Waals surface area (Å²) in [5, 5.41) is 0. The molecule has 1 atom stereocenters. The van der Waals surface area contributed by atoms with Crippen LogP contribution in [0.5, 0.6) is 0 Å². The predicted molar refractivity (Wildman–Crippen MR) is 47.7 cm³/mol. The maximum atomic E-state index is 11.1. The van der Waals surface area contributed by atoms with Gasteiger partial charge in [0.2, 0.25) is 0 Å².